The number of aliphatic carboxylic acids is 1. The summed E-state index contributed by atoms with van der Waals surface area (Å²) in [6.45, 7) is 0.129. The van der Waals surface area contributed by atoms with E-state index in [9.17, 15) is 18.0 Å². The van der Waals surface area contributed by atoms with E-state index in [0.29, 0.717) is 17.0 Å². The molecule has 1 aromatic heterocycles. The first-order valence-electron chi connectivity index (χ1n) is 5.63. The number of carbonyl (C=O) groups is 1. The lowest BCUT2D eigenvalue weighted by molar-refractivity contribution is -0.136. The Morgan fingerprint density at radius 3 is 2.35 bits per heavy atom. The van der Waals surface area contributed by atoms with Gasteiger partial charge in [-0.3, -0.25) is 4.79 Å². The Bertz CT molecular complexity index is 619. The molecule has 0 saturated heterocycles. The molecule has 20 heavy (non-hydrogen) atoms. The van der Waals surface area contributed by atoms with E-state index in [1.54, 1.807) is 12.1 Å². The second-order valence-corrected chi connectivity index (χ2v) is 5.29. The van der Waals surface area contributed by atoms with Crippen molar-refractivity contribution >= 4 is 23.0 Å². The molecule has 2 N–H and O–H groups in total. The SMILES string of the molecule is O=C(O)Cc1ccc(CNc2c(F)cc(F)cc2F)s1. The van der Waals surface area contributed by atoms with Crippen LogP contribution in [0.3, 0.4) is 0 Å². The number of thiophene rings is 1. The monoisotopic (exact) mass is 301 g/mol. The van der Waals surface area contributed by atoms with Gasteiger partial charge in [-0.25, -0.2) is 13.2 Å². The van der Waals surface area contributed by atoms with Crippen LogP contribution in [-0.4, -0.2) is 11.1 Å². The molecule has 0 unspecified atom stereocenters. The van der Waals surface area contributed by atoms with Gasteiger partial charge in [-0.2, -0.15) is 0 Å². The third kappa shape index (κ3) is 3.51. The molecular formula is C13H10F3NO2S. The van der Waals surface area contributed by atoms with E-state index in [4.69, 9.17) is 5.11 Å². The maximum absolute atomic E-state index is 13.4. The topological polar surface area (TPSA) is 49.3 Å². The molecule has 0 spiro atoms. The van der Waals surface area contributed by atoms with Gasteiger partial charge in [0, 0.05) is 28.4 Å². The third-order valence-corrected chi connectivity index (χ3v) is 3.57. The molecule has 0 amide bonds. The second-order valence-electron chi connectivity index (χ2n) is 4.04. The van der Waals surface area contributed by atoms with Crippen LogP contribution >= 0.6 is 11.3 Å². The number of halogens is 3. The Kier molecular flexibility index (Phi) is 4.29. The summed E-state index contributed by atoms with van der Waals surface area (Å²) in [4.78, 5) is 11.9. The number of rotatable bonds is 5. The zero-order valence-corrected chi connectivity index (χ0v) is 10.9. The molecule has 0 bridgehead atoms. The quantitative estimate of drug-likeness (QED) is 0.890. The second kappa shape index (κ2) is 5.96. The lowest BCUT2D eigenvalue weighted by atomic mass is 10.2. The van der Waals surface area contributed by atoms with Crippen LogP contribution in [0.4, 0.5) is 18.9 Å². The van der Waals surface area contributed by atoms with Gasteiger partial charge >= 0.3 is 5.97 Å². The van der Waals surface area contributed by atoms with Crippen molar-refractivity contribution in [3.8, 4) is 0 Å². The standard InChI is InChI=1S/C13H10F3NO2S/c14-7-3-10(15)13(11(16)4-7)17-6-9-2-1-8(20-9)5-12(18)19/h1-4,17H,5-6H2,(H,18,19). The highest BCUT2D eigenvalue weighted by Gasteiger charge is 2.11. The van der Waals surface area contributed by atoms with Crippen LogP contribution in [0.2, 0.25) is 0 Å². The van der Waals surface area contributed by atoms with Crippen LogP contribution in [0.5, 0.6) is 0 Å². The fourth-order valence-electron chi connectivity index (χ4n) is 1.65. The smallest absolute Gasteiger partial charge is 0.308 e. The predicted molar refractivity (Wildman–Crippen MR) is 69.3 cm³/mol. The van der Waals surface area contributed by atoms with Crippen LogP contribution in [0.1, 0.15) is 9.75 Å². The molecule has 0 aliphatic carbocycles. The number of hydrogen-bond acceptors (Lipinski definition) is 3. The molecule has 0 aliphatic heterocycles. The van der Waals surface area contributed by atoms with Crippen molar-refractivity contribution in [1.29, 1.82) is 0 Å². The summed E-state index contributed by atoms with van der Waals surface area (Å²) in [5.41, 5.74) is -0.403. The number of carboxylic acids is 1. The van der Waals surface area contributed by atoms with Crippen molar-refractivity contribution < 1.29 is 23.1 Å². The summed E-state index contributed by atoms with van der Waals surface area (Å²) >= 11 is 1.23. The number of anilines is 1. The molecule has 106 valence electrons. The first-order chi connectivity index (χ1) is 9.45. The fourth-order valence-corrected chi connectivity index (χ4v) is 2.60. The summed E-state index contributed by atoms with van der Waals surface area (Å²) in [6.07, 6.45) is -0.0933. The summed E-state index contributed by atoms with van der Waals surface area (Å²) in [5.74, 6) is -3.94. The van der Waals surface area contributed by atoms with Gasteiger partial charge in [0.2, 0.25) is 0 Å². The number of nitrogens with one attached hydrogen (secondary N) is 1. The van der Waals surface area contributed by atoms with Crippen LogP contribution < -0.4 is 5.32 Å². The molecule has 0 fully saturated rings. The van der Waals surface area contributed by atoms with E-state index < -0.39 is 29.1 Å². The molecular weight excluding hydrogens is 291 g/mol. The molecule has 2 aromatic rings. The highest BCUT2D eigenvalue weighted by Crippen LogP contribution is 2.23. The van der Waals surface area contributed by atoms with Gasteiger partial charge in [-0.15, -0.1) is 11.3 Å². The van der Waals surface area contributed by atoms with Crippen LogP contribution in [-0.2, 0) is 17.8 Å². The van der Waals surface area contributed by atoms with E-state index in [1.807, 2.05) is 0 Å². The zero-order valence-electron chi connectivity index (χ0n) is 10.1. The third-order valence-electron chi connectivity index (χ3n) is 2.49. The van der Waals surface area contributed by atoms with Gasteiger partial charge in [-0.05, 0) is 12.1 Å². The largest absolute Gasteiger partial charge is 0.481 e. The lowest BCUT2D eigenvalue weighted by Crippen LogP contribution is -2.03. The molecule has 1 heterocycles. The molecule has 0 saturated carbocycles. The summed E-state index contributed by atoms with van der Waals surface area (Å²) in [6, 6.07) is 4.51. The van der Waals surface area contributed by atoms with Crippen LogP contribution in [0.25, 0.3) is 0 Å². The highest BCUT2D eigenvalue weighted by molar-refractivity contribution is 7.12. The van der Waals surface area contributed by atoms with Crippen molar-refractivity contribution in [3.05, 3.63) is 51.5 Å². The Labute approximate surface area is 116 Å². The minimum Gasteiger partial charge on any atom is -0.481 e. The summed E-state index contributed by atoms with van der Waals surface area (Å²) in [5, 5.41) is 11.2. The molecule has 7 heteroatoms. The van der Waals surface area contributed by atoms with Gasteiger partial charge in [0.05, 0.1) is 6.42 Å². The van der Waals surface area contributed by atoms with Crippen molar-refractivity contribution in [2.45, 2.75) is 13.0 Å². The minimum atomic E-state index is -1.01. The Morgan fingerprint density at radius 2 is 1.75 bits per heavy atom. The number of hydrogen-bond donors (Lipinski definition) is 2. The average Bonchev–Trinajstić information content (AvgIpc) is 2.74. The maximum Gasteiger partial charge on any atom is 0.308 e. The minimum absolute atomic E-state index is 0.0933. The van der Waals surface area contributed by atoms with Gasteiger partial charge in [0.15, 0.2) is 11.6 Å². The Morgan fingerprint density at radius 1 is 1.15 bits per heavy atom. The van der Waals surface area contributed by atoms with Gasteiger partial charge < -0.3 is 10.4 Å². The average molecular weight is 301 g/mol. The first-order valence-corrected chi connectivity index (χ1v) is 6.45. The number of carboxylic acid groups (broad SMARTS) is 1. The molecule has 0 atom stereocenters. The summed E-state index contributed by atoms with van der Waals surface area (Å²) in [7, 11) is 0. The van der Waals surface area contributed by atoms with Gasteiger partial charge in [-0.1, -0.05) is 0 Å². The van der Waals surface area contributed by atoms with Crippen LogP contribution in [0, 0.1) is 17.5 Å². The molecule has 0 aliphatic rings. The summed E-state index contributed by atoms with van der Waals surface area (Å²) < 4.78 is 39.5. The molecule has 0 radical (unpaired) electrons. The fraction of sp³-hybridized carbons (Fsp3) is 0.154. The van der Waals surface area contributed by atoms with Crippen LogP contribution in [0.15, 0.2) is 24.3 Å². The Balaban J connectivity index is 2.05. The highest BCUT2D eigenvalue weighted by atomic mass is 32.1. The molecule has 1 aromatic carbocycles. The lowest BCUT2D eigenvalue weighted by Gasteiger charge is -2.07. The van der Waals surface area contributed by atoms with E-state index in [-0.39, 0.29) is 13.0 Å². The van der Waals surface area contributed by atoms with Crippen molar-refractivity contribution in [2.24, 2.45) is 0 Å². The Hall–Kier alpha value is -2.02. The van der Waals surface area contributed by atoms with Crippen molar-refractivity contribution in [2.75, 3.05) is 5.32 Å². The van der Waals surface area contributed by atoms with E-state index in [2.05, 4.69) is 5.32 Å². The van der Waals surface area contributed by atoms with E-state index in [1.165, 1.54) is 11.3 Å². The van der Waals surface area contributed by atoms with Crippen molar-refractivity contribution in [3.63, 3.8) is 0 Å². The predicted octanol–water partition coefficient (Wildman–Crippen LogP) is 3.40. The van der Waals surface area contributed by atoms with E-state index in [0.717, 1.165) is 4.88 Å². The molecule has 2 rings (SSSR count). The first kappa shape index (κ1) is 14.4. The molecule has 3 nitrogen and oxygen atoms in total. The van der Waals surface area contributed by atoms with Gasteiger partial charge in [0.25, 0.3) is 0 Å². The number of benzene rings is 1. The van der Waals surface area contributed by atoms with Crippen molar-refractivity contribution in [1.82, 2.24) is 0 Å². The van der Waals surface area contributed by atoms with E-state index >= 15 is 0 Å². The normalized spacial score (nSPS) is 10.6. The van der Waals surface area contributed by atoms with Gasteiger partial charge in [0.1, 0.15) is 11.5 Å². The zero-order chi connectivity index (χ0) is 14.7. The maximum atomic E-state index is 13.4.